The number of nitriles is 1. The number of rotatable bonds is 4. The van der Waals surface area contributed by atoms with Crippen molar-refractivity contribution in [3.8, 4) is 11.8 Å². The Kier molecular flexibility index (Phi) is 4.64. The maximum atomic E-state index is 9.19. The molecule has 19 heavy (non-hydrogen) atoms. The van der Waals surface area contributed by atoms with Gasteiger partial charge in [-0.2, -0.15) is 5.26 Å². The van der Waals surface area contributed by atoms with Crippen molar-refractivity contribution in [3.05, 3.63) is 23.8 Å². The largest absolute Gasteiger partial charge is 0.497 e. The van der Waals surface area contributed by atoms with Crippen molar-refractivity contribution in [2.75, 3.05) is 38.8 Å². The van der Waals surface area contributed by atoms with Crippen molar-refractivity contribution in [2.45, 2.75) is 12.8 Å². The second-order valence-electron chi connectivity index (χ2n) is 4.96. The van der Waals surface area contributed by atoms with Crippen LogP contribution < -0.4 is 9.64 Å². The Morgan fingerprint density at radius 3 is 3.00 bits per heavy atom. The van der Waals surface area contributed by atoms with Crippen LogP contribution in [0.1, 0.15) is 18.4 Å². The van der Waals surface area contributed by atoms with Crippen molar-refractivity contribution >= 4 is 5.69 Å². The third-order valence-electron chi connectivity index (χ3n) is 3.52. The van der Waals surface area contributed by atoms with Gasteiger partial charge in [0, 0.05) is 26.3 Å². The second kappa shape index (κ2) is 6.44. The molecule has 102 valence electrons. The van der Waals surface area contributed by atoms with Gasteiger partial charge in [0.05, 0.1) is 25.0 Å². The smallest absolute Gasteiger partial charge is 0.121 e. The molecule has 0 amide bonds. The monoisotopic (exact) mass is 260 g/mol. The first-order valence-corrected chi connectivity index (χ1v) is 6.61. The van der Waals surface area contributed by atoms with Crippen LogP contribution in [0.4, 0.5) is 5.69 Å². The van der Waals surface area contributed by atoms with Crippen LogP contribution in [0.5, 0.6) is 5.75 Å². The average molecular weight is 260 g/mol. The number of hydrogen-bond donors (Lipinski definition) is 0. The van der Waals surface area contributed by atoms with E-state index in [1.54, 1.807) is 7.11 Å². The summed E-state index contributed by atoms with van der Waals surface area (Å²) in [6.45, 7) is 2.60. The van der Waals surface area contributed by atoms with Gasteiger partial charge < -0.3 is 14.4 Å². The van der Waals surface area contributed by atoms with Crippen molar-refractivity contribution in [1.82, 2.24) is 0 Å². The highest BCUT2D eigenvalue weighted by atomic mass is 16.5. The van der Waals surface area contributed by atoms with Gasteiger partial charge in [-0.25, -0.2) is 0 Å². The Labute approximate surface area is 114 Å². The van der Waals surface area contributed by atoms with E-state index < -0.39 is 0 Å². The van der Waals surface area contributed by atoms with Gasteiger partial charge >= 0.3 is 0 Å². The van der Waals surface area contributed by atoms with Gasteiger partial charge in [-0.3, -0.25) is 0 Å². The van der Waals surface area contributed by atoms with Gasteiger partial charge in [0.25, 0.3) is 0 Å². The topological polar surface area (TPSA) is 45.5 Å². The molecule has 0 radical (unpaired) electrons. The molecule has 0 aliphatic carbocycles. The SMILES string of the molecule is COc1ccc(C#N)c(N(C)CC2CCCOC2)c1. The maximum Gasteiger partial charge on any atom is 0.121 e. The molecule has 0 saturated carbocycles. The summed E-state index contributed by atoms with van der Waals surface area (Å²) in [6, 6.07) is 7.78. The molecule has 1 saturated heterocycles. The summed E-state index contributed by atoms with van der Waals surface area (Å²) in [5.41, 5.74) is 1.60. The molecule has 1 aromatic rings. The van der Waals surface area contributed by atoms with Crippen LogP contribution >= 0.6 is 0 Å². The fraction of sp³-hybridized carbons (Fsp3) is 0.533. The number of nitrogens with zero attached hydrogens (tertiary/aromatic N) is 2. The summed E-state index contributed by atoms with van der Waals surface area (Å²) in [4.78, 5) is 2.13. The lowest BCUT2D eigenvalue weighted by molar-refractivity contribution is 0.0576. The Morgan fingerprint density at radius 2 is 2.37 bits per heavy atom. The highest BCUT2D eigenvalue weighted by Gasteiger charge is 2.18. The normalized spacial score (nSPS) is 18.7. The fourth-order valence-corrected chi connectivity index (χ4v) is 2.49. The minimum absolute atomic E-state index is 0.538. The zero-order chi connectivity index (χ0) is 13.7. The fourth-order valence-electron chi connectivity index (χ4n) is 2.49. The van der Waals surface area contributed by atoms with E-state index in [9.17, 15) is 5.26 Å². The maximum absolute atomic E-state index is 9.19. The Balaban J connectivity index is 2.12. The summed E-state index contributed by atoms with van der Waals surface area (Å²) >= 11 is 0. The van der Waals surface area contributed by atoms with E-state index in [4.69, 9.17) is 9.47 Å². The van der Waals surface area contributed by atoms with Crippen LogP contribution in [-0.2, 0) is 4.74 Å². The summed E-state index contributed by atoms with van der Waals surface area (Å²) in [7, 11) is 3.66. The Bertz CT molecular complexity index is 462. The molecule has 1 atom stereocenters. The van der Waals surface area contributed by atoms with E-state index in [1.165, 1.54) is 6.42 Å². The molecule has 1 unspecified atom stereocenters. The summed E-state index contributed by atoms with van der Waals surface area (Å²) in [6.07, 6.45) is 2.32. The molecule has 4 nitrogen and oxygen atoms in total. The lowest BCUT2D eigenvalue weighted by atomic mass is 10.0. The highest BCUT2D eigenvalue weighted by molar-refractivity contribution is 5.61. The van der Waals surface area contributed by atoms with E-state index >= 15 is 0 Å². The molecule has 0 aromatic heterocycles. The third kappa shape index (κ3) is 3.39. The van der Waals surface area contributed by atoms with E-state index in [-0.39, 0.29) is 0 Å². The molecule has 0 spiro atoms. The van der Waals surface area contributed by atoms with Gasteiger partial charge in [-0.15, -0.1) is 0 Å². The van der Waals surface area contributed by atoms with Crippen molar-refractivity contribution < 1.29 is 9.47 Å². The zero-order valence-electron chi connectivity index (χ0n) is 11.6. The van der Waals surface area contributed by atoms with Crippen molar-refractivity contribution in [1.29, 1.82) is 5.26 Å². The van der Waals surface area contributed by atoms with Crippen LogP contribution in [-0.4, -0.2) is 33.9 Å². The molecular formula is C15H20N2O2. The standard InChI is InChI=1S/C15H20N2O2/c1-17(10-12-4-3-7-19-11-12)15-8-14(18-2)6-5-13(15)9-16/h5-6,8,12H,3-4,7,10-11H2,1-2H3. The molecule has 1 aliphatic rings. The highest BCUT2D eigenvalue weighted by Crippen LogP contribution is 2.26. The van der Waals surface area contributed by atoms with Crippen LogP contribution in [0, 0.1) is 17.2 Å². The first-order chi connectivity index (χ1) is 9.24. The Hall–Kier alpha value is -1.73. The third-order valence-corrected chi connectivity index (χ3v) is 3.52. The Morgan fingerprint density at radius 1 is 1.53 bits per heavy atom. The molecule has 1 aliphatic heterocycles. The molecule has 4 heteroatoms. The van der Waals surface area contributed by atoms with Crippen LogP contribution in [0.3, 0.4) is 0 Å². The number of hydrogen-bond acceptors (Lipinski definition) is 4. The summed E-state index contributed by atoms with van der Waals surface area (Å²) in [5, 5.41) is 9.19. The quantitative estimate of drug-likeness (QED) is 0.834. The van der Waals surface area contributed by atoms with Crippen LogP contribution in [0.15, 0.2) is 18.2 Å². The summed E-state index contributed by atoms with van der Waals surface area (Å²) < 4.78 is 10.7. The molecule has 1 fully saturated rings. The lowest BCUT2D eigenvalue weighted by Crippen LogP contribution is -2.31. The van der Waals surface area contributed by atoms with Gasteiger partial charge in [0.2, 0.25) is 0 Å². The van der Waals surface area contributed by atoms with Gasteiger partial charge in [0.1, 0.15) is 11.8 Å². The van der Waals surface area contributed by atoms with E-state index in [2.05, 4.69) is 11.0 Å². The number of ether oxygens (including phenoxy) is 2. The van der Waals surface area contributed by atoms with Crippen LogP contribution in [0.2, 0.25) is 0 Å². The van der Waals surface area contributed by atoms with Crippen molar-refractivity contribution in [3.63, 3.8) is 0 Å². The predicted molar refractivity (Wildman–Crippen MR) is 74.5 cm³/mol. The number of benzene rings is 1. The average Bonchev–Trinajstić information content (AvgIpc) is 2.47. The first-order valence-electron chi connectivity index (χ1n) is 6.61. The molecule has 0 bridgehead atoms. The minimum Gasteiger partial charge on any atom is -0.497 e. The molecule has 1 heterocycles. The van der Waals surface area contributed by atoms with Gasteiger partial charge in [-0.1, -0.05) is 0 Å². The van der Waals surface area contributed by atoms with E-state index in [1.807, 2.05) is 25.2 Å². The molecule has 1 aromatic carbocycles. The number of anilines is 1. The second-order valence-corrected chi connectivity index (χ2v) is 4.96. The minimum atomic E-state index is 0.538. The first kappa shape index (κ1) is 13.7. The lowest BCUT2D eigenvalue weighted by Gasteiger charge is -2.29. The molecule has 2 rings (SSSR count). The van der Waals surface area contributed by atoms with E-state index in [0.717, 1.165) is 37.6 Å². The van der Waals surface area contributed by atoms with Crippen LogP contribution in [0.25, 0.3) is 0 Å². The zero-order valence-corrected chi connectivity index (χ0v) is 11.6. The number of methoxy groups -OCH3 is 1. The van der Waals surface area contributed by atoms with Crippen molar-refractivity contribution in [2.24, 2.45) is 5.92 Å². The van der Waals surface area contributed by atoms with E-state index in [0.29, 0.717) is 11.5 Å². The molecule has 0 N–H and O–H groups in total. The molecular weight excluding hydrogens is 240 g/mol. The van der Waals surface area contributed by atoms with Gasteiger partial charge in [-0.05, 0) is 30.9 Å². The van der Waals surface area contributed by atoms with Gasteiger partial charge in [0.15, 0.2) is 0 Å². The predicted octanol–water partition coefficient (Wildman–Crippen LogP) is 2.43. The summed E-state index contributed by atoms with van der Waals surface area (Å²) in [5.74, 6) is 1.32.